The van der Waals surface area contributed by atoms with Crippen molar-refractivity contribution in [3.63, 3.8) is 0 Å². The van der Waals surface area contributed by atoms with Gasteiger partial charge in [-0.2, -0.15) is 5.10 Å². The van der Waals surface area contributed by atoms with Crippen LogP contribution in [0.4, 0.5) is 11.6 Å². The second kappa shape index (κ2) is 8.97. The van der Waals surface area contributed by atoms with Gasteiger partial charge in [0, 0.05) is 38.3 Å². The first-order valence-electron chi connectivity index (χ1n) is 10.5. The Morgan fingerprint density at radius 2 is 1.77 bits per heavy atom. The number of aryl methyl sites for hydroxylation is 1. The van der Waals surface area contributed by atoms with E-state index in [-0.39, 0.29) is 11.8 Å². The highest BCUT2D eigenvalue weighted by molar-refractivity contribution is 5.92. The van der Waals surface area contributed by atoms with E-state index in [1.807, 2.05) is 10.7 Å². The third-order valence-corrected chi connectivity index (χ3v) is 5.72. The van der Waals surface area contributed by atoms with E-state index in [0.29, 0.717) is 36.6 Å². The minimum absolute atomic E-state index is 0.0349. The predicted molar refractivity (Wildman–Crippen MR) is 111 cm³/mol. The van der Waals surface area contributed by atoms with Crippen LogP contribution in [0.5, 0.6) is 0 Å². The van der Waals surface area contributed by atoms with Crippen molar-refractivity contribution >= 4 is 23.5 Å². The molecule has 0 radical (unpaired) electrons. The molecule has 0 spiro atoms. The van der Waals surface area contributed by atoms with Gasteiger partial charge in [0.1, 0.15) is 11.6 Å². The number of carbonyl (C=O) groups is 2. The molecule has 2 aromatic rings. The van der Waals surface area contributed by atoms with Crippen molar-refractivity contribution in [3.8, 4) is 0 Å². The topological polar surface area (TPSA) is 109 Å². The number of aromatic nitrogens is 3. The number of amides is 2. The van der Waals surface area contributed by atoms with Gasteiger partial charge in [-0.05, 0) is 32.6 Å². The van der Waals surface area contributed by atoms with Crippen LogP contribution in [0.15, 0.2) is 22.9 Å². The minimum atomic E-state index is -0.118. The molecular formula is C20H29N7O3. The molecule has 0 aromatic carbocycles. The molecule has 2 aliphatic rings. The zero-order valence-electron chi connectivity index (χ0n) is 17.5. The lowest BCUT2D eigenvalue weighted by Crippen LogP contribution is -2.50. The first-order valence-corrected chi connectivity index (χ1v) is 10.5. The Hall–Kier alpha value is -2.72. The molecule has 1 atom stereocenters. The molecule has 3 heterocycles. The second-order valence-electron chi connectivity index (χ2n) is 8.21. The summed E-state index contributed by atoms with van der Waals surface area (Å²) < 4.78 is 6.87. The molecule has 1 saturated carbocycles. The second-order valence-corrected chi connectivity index (χ2v) is 8.21. The predicted octanol–water partition coefficient (Wildman–Crippen LogP) is 1.35. The van der Waals surface area contributed by atoms with Gasteiger partial charge in [0.05, 0.1) is 25.3 Å². The summed E-state index contributed by atoms with van der Waals surface area (Å²) >= 11 is 0. The summed E-state index contributed by atoms with van der Waals surface area (Å²) in [5.74, 6) is 2.36. The molecule has 1 unspecified atom stereocenters. The number of carbonyl (C=O) groups excluding carboxylic acids is 2. The molecule has 1 saturated heterocycles. The summed E-state index contributed by atoms with van der Waals surface area (Å²) in [5, 5.41) is 13.9. The molecule has 0 bridgehead atoms. The normalized spacial score (nSPS) is 18.9. The van der Waals surface area contributed by atoms with Gasteiger partial charge in [0.2, 0.25) is 11.8 Å². The van der Waals surface area contributed by atoms with E-state index >= 15 is 0 Å². The quantitative estimate of drug-likeness (QED) is 0.670. The molecule has 2 fully saturated rings. The molecule has 162 valence electrons. The van der Waals surface area contributed by atoms with Crippen LogP contribution in [0, 0.1) is 12.8 Å². The van der Waals surface area contributed by atoms with Gasteiger partial charge in [-0.1, -0.05) is 5.16 Å². The Bertz CT molecular complexity index is 881. The third kappa shape index (κ3) is 5.25. The van der Waals surface area contributed by atoms with Crippen LogP contribution in [-0.2, 0) is 9.59 Å². The zero-order chi connectivity index (χ0) is 21.1. The Balaban J connectivity index is 1.19. The van der Waals surface area contributed by atoms with Crippen molar-refractivity contribution < 1.29 is 14.1 Å². The summed E-state index contributed by atoms with van der Waals surface area (Å²) in [6.45, 7) is 7.50. The van der Waals surface area contributed by atoms with E-state index in [9.17, 15) is 9.59 Å². The maximum Gasteiger partial charge on any atom is 0.239 e. The third-order valence-electron chi connectivity index (χ3n) is 5.72. The molecule has 2 N–H and O–H groups in total. The van der Waals surface area contributed by atoms with Gasteiger partial charge in [0.25, 0.3) is 0 Å². The van der Waals surface area contributed by atoms with Crippen molar-refractivity contribution in [2.24, 2.45) is 5.92 Å². The van der Waals surface area contributed by atoms with Crippen LogP contribution in [0.25, 0.3) is 0 Å². The van der Waals surface area contributed by atoms with Crippen molar-refractivity contribution in [1.29, 1.82) is 0 Å². The van der Waals surface area contributed by atoms with Gasteiger partial charge >= 0.3 is 0 Å². The molecule has 2 aromatic heterocycles. The first kappa shape index (κ1) is 20.5. The average Bonchev–Trinajstić information content (AvgIpc) is 3.34. The molecule has 1 aliphatic carbocycles. The molecule has 4 rings (SSSR count). The molecule has 2 amide bonds. The zero-order valence-corrected chi connectivity index (χ0v) is 17.5. The van der Waals surface area contributed by atoms with E-state index in [4.69, 9.17) is 4.52 Å². The maximum atomic E-state index is 12.5. The Morgan fingerprint density at radius 1 is 1.13 bits per heavy atom. The highest BCUT2D eigenvalue weighted by atomic mass is 16.5. The Labute approximate surface area is 175 Å². The number of nitrogens with one attached hydrogen (secondary N) is 2. The van der Waals surface area contributed by atoms with Crippen molar-refractivity contribution in [2.75, 3.05) is 49.9 Å². The van der Waals surface area contributed by atoms with Crippen LogP contribution in [0.2, 0.25) is 0 Å². The SMILES string of the molecule is Cc1cc(NC(=O)CN2CCN(CC(=O)Nc3ccnn3C(C)C3CC3)CC2)no1. The Kier molecular flexibility index (Phi) is 6.14. The Morgan fingerprint density at radius 3 is 2.33 bits per heavy atom. The average molecular weight is 415 g/mol. The fourth-order valence-electron chi connectivity index (χ4n) is 3.82. The number of nitrogens with zero attached hydrogens (tertiary/aromatic N) is 5. The van der Waals surface area contributed by atoms with E-state index in [1.165, 1.54) is 12.8 Å². The van der Waals surface area contributed by atoms with Crippen LogP contribution in [0.3, 0.4) is 0 Å². The number of rotatable bonds is 8. The molecule has 1 aliphatic heterocycles. The summed E-state index contributed by atoms with van der Waals surface area (Å²) in [5.41, 5.74) is 0. The van der Waals surface area contributed by atoms with Crippen LogP contribution >= 0.6 is 0 Å². The highest BCUT2D eigenvalue weighted by Gasteiger charge is 2.31. The van der Waals surface area contributed by atoms with Crippen molar-refractivity contribution in [2.45, 2.75) is 32.7 Å². The summed E-state index contributed by atoms with van der Waals surface area (Å²) in [6.07, 6.45) is 4.20. The number of hydrogen-bond acceptors (Lipinski definition) is 7. The van der Waals surface area contributed by atoms with Crippen LogP contribution in [-0.4, -0.2) is 75.8 Å². The number of anilines is 2. The maximum absolute atomic E-state index is 12.5. The summed E-state index contributed by atoms with van der Waals surface area (Å²) in [6, 6.07) is 3.85. The van der Waals surface area contributed by atoms with Gasteiger partial charge in [-0.25, -0.2) is 4.68 Å². The molecule has 10 heteroatoms. The molecule has 30 heavy (non-hydrogen) atoms. The highest BCUT2D eigenvalue weighted by Crippen LogP contribution is 2.40. The minimum Gasteiger partial charge on any atom is -0.360 e. The number of hydrogen-bond donors (Lipinski definition) is 2. The largest absolute Gasteiger partial charge is 0.360 e. The van der Waals surface area contributed by atoms with E-state index < -0.39 is 0 Å². The monoisotopic (exact) mass is 415 g/mol. The van der Waals surface area contributed by atoms with E-state index in [2.05, 4.69) is 37.6 Å². The van der Waals surface area contributed by atoms with E-state index in [0.717, 1.165) is 32.0 Å². The van der Waals surface area contributed by atoms with Crippen LogP contribution < -0.4 is 10.6 Å². The lowest BCUT2D eigenvalue weighted by atomic mass is 10.2. The summed E-state index contributed by atoms with van der Waals surface area (Å²) in [4.78, 5) is 28.8. The summed E-state index contributed by atoms with van der Waals surface area (Å²) in [7, 11) is 0. The number of piperazine rings is 1. The smallest absolute Gasteiger partial charge is 0.239 e. The fraction of sp³-hybridized carbons (Fsp3) is 0.600. The van der Waals surface area contributed by atoms with Gasteiger partial charge in [0.15, 0.2) is 5.82 Å². The van der Waals surface area contributed by atoms with Crippen molar-refractivity contribution in [1.82, 2.24) is 24.7 Å². The molecule has 10 nitrogen and oxygen atoms in total. The standard InChI is InChI=1S/C20H29N7O3/c1-14-11-17(24-30-14)22-19(28)12-25-7-9-26(10-8-25)13-20(29)23-18-5-6-21-27(18)15(2)16-3-4-16/h5-6,11,15-16H,3-4,7-10,12-13H2,1-2H3,(H,23,29)(H,22,24,28). The van der Waals surface area contributed by atoms with E-state index in [1.54, 1.807) is 19.2 Å². The van der Waals surface area contributed by atoms with Crippen LogP contribution in [0.1, 0.15) is 31.6 Å². The van der Waals surface area contributed by atoms with Gasteiger partial charge < -0.3 is 15.2 Å². The fourth-order valence-corrected chi connectivity index (χ4v) is 3.82. The lowest BCUT2D eigenvalue weighted by Gasteiger charge is -2.33. The van der Waals surface area contributed by atoms with Gasteiger partial charge in [-0.3, -0.25) is 19.4 Å². The molecular weight excluding hydrogens is 386 g/mol. The first-order chi connectivity index (χ1) is 14.5. The lowest BCUT2D eigenvalue weighted by molar-refractivity contribution is -0.120. The van der Waals surface area contributed by atoms with Gasteiger partial charge in [-0.15, -0.1) is 0 Å². The van der Waals surface area contributed by atoms with Crippen molar-refractivity contribution in [3.05, 3.63) is 24.1 Å².